The number of thiazole rings is 1. The van der Waals surface area contributed by atoms with Crippen molar-refractivity contribution in [3.8, 4) is 0 Å². The third-order valence-corrected chi connectivity index (χ3v) is 4.40. The van der Waals surface area contributed by atoms with Crippen LogP contribution in [0.2, 0.25) is 0 Å². The smallest absolute Gasteiger partial charge is 0.186 e. The normalized spacial score (nSPS) is 12.5. The fourth-order valence-corrected chi connectivity index (χ4v) is 3.03. The van der Waals surface area contributed by atoms with Crippen LogP contribution in [0.4, 0.5) is 5.13 Å². The molecule has 0 amide bonds. The third-order valence-electron chi connectivity index (χ3n) is 2.48. The number of ether oxygens (including phenoxy) is 1. The zero-order valence-corrected chi connectivity index (χ0v) is 12.2. The van der Waals surface area contributed by atoms with Crippen LogP contribution in [-0.2, 0) is 11.3 Å². The second kappa shape index (κ2) is 6.98. The minimum atomic E-state index is 0.384. The van der Waals surface area contributed by atoms with Crippen molar-refractivity contribution in [2.45, 2.75) is 19.6 Å². The van der Waals surface area contributed by atoms with Gasteiger partial charge in [0, 0.05) is 26.0 Å². The number of nitrogens with zero attached hydrogens (tertiary/aromatic N) is 2. The molecule has 1 unspecified atom stereocenters. The molecular weight excluding hydrogens is 256 g/mol. The number of anilines is 1. The molecular formula is C11H18N2O2S2. The van der Waals surface area contributed by atoms with E-state index in [1.807, 2.05) is 7.05 Å². The number of methoxy groups -OCH3 is 1. The molecule has 1 rings (SSSR count). The van der Waals surface area contributed by atoms with Crippen LogP contribution in [0.1, 0.15) is 22.3 Å². The Balaban J connectivity index is 2.86. The highest BCUT2D eigenvalue weighted by atomic mass is 32.2. The molecule has 6 heteroatoms. The number of carbonyl (C=O) groups is 1. The lowest BCUT2D eigenvalue weighted by Gasteiger charge is -2.23. The molecule has 96 valence electrons. The molecule has 0 N–H and O–H groups in total. The van der Waals surface area contributed by atoms with E-state index in [1.165, 1.54) is 11.3 Å². The molecule has 0 bridgehead atoms. The minimum Gasteiger partial charge on any atom is -0.378 e. The van der Waals surface area contributed by atoms with E-state index in [9.17, 15) is 4.79 Å². The fourth-order valence-electron chi connectivity index (χ4n) is 1.38. The van der Waals surface area contributed by atoms with Gasteiger partial charge in [-0.05, 0) is 13.2 Å². The van der Waals surface area contributed by atoms with E-state index in [2.05, 4.69) is 23.1 Å². The number of rotatable bonds is 7. The van der Waals surface area contributed by atoms with Crippen LogP contribution in [0.3, 0.4) is 0 Å². The molecule has 1 aromatic heterocycles. The van der Waals surface area contributed by atoms with Gasteiger partial charge < -0.3 is 9.64 Å². The van der Waals surface area contributed by atoms with Gasteiger partial charge in [0.2, 0.25) is 0 Å². The maximum Gasteiger partial charge on any atom is 0.186 e. The maximum atomic E-state index is 10.9. The molecule has 0 radical (unpaired) electrons. The standard InChI is InChI=1S/C11H18N2O2S2/c1-8(7-16-4)13(2)11-12-9(6-15-3)10(5-14)17-11/h5,8H,6-7H2,1-4H3. The lowest BCUT2D eigenvalue weighted by molar-refractivity contribution is 0.112. The summed E-state index contributed by atoms with van der Waals surface area (Å²) in [4.78, 5) is 18.1. The van der Waals surface area contributed by atoms with E-state index >= 15 is 0 Å². The largest absolute Gasteiger partial charge is 0.378 e. The van der Waals surface area contributed by atoms with Crippen LogP contribution in [0.25, 0.3) is 0 Å². The first-order valence-electron chi connectivity index (χ1n) is 5.29. The van der Waals surface area contributed by atoms with Crippen molar-refractivity contribution in [2.75, 3.05) is 31.1 Å². The van der Waals surface area contributed by atoms with Crippen molar-refractivity contribution in [1.82, 2.24) is 4.98 Å². The molecule has 1 aromatic rings. The molecule has 0 saturated carbocycles. The van der Waals surface area contributed by atoms with Crippen molar-refractivity contribution >= 4 is 34.5 Å². The van der Waals surface area contributed by atoms with Gasteiger partial charge >= 0.3 is 0 Å². The number of thioether (sulfide) groups is 1. The second-order valence-electron chi connectivity index (χ2n) is 3.77. The van der Waals surface area contributed by atoms with Crippen LogP contribution in [0.15, 0.2) is 0 Å². The van der Waals surface area contributed by atoms with E-state index in [-0.39, 0.29) is 0 Å². The number of aromatic nitrogens is 1. The van der Waals surface area contributed by atoms with E-state index in [1.54, 1.807) is 18.9 Å². The molecule has 0 fully saturated rings. The monoisotopic (exact) mass is 274 g/mol. The first-order valence-corrected chi connectivity index (χ1v) is 7.50. The molecule has 0 aliphatic heterocycles. The average Bonchev–Trinajstić information content (AvgIpc) is 2.72. The van der Waals surface area contributed by atoms with Gasteiger partial charge in [0.15, 0.2) is 11.4 Å². The van der Waals surface area contributed by atoms with Gasteiger partial charge in [0.05, 0.1) is 17.2 Å². The first-order chi connectivity index (χ1) is 8.13. The van der Waals surface area contributed by atoms with E-state index in [4.69, 9.17) is 4.74 Å². The Morgan fingerprint density at radius 1 is 1.65 bits per heavy atom. The predicted octanol–water partition coefficient (Wildman–Crippen LogP) is 2.29. The van der Waals surface area contributed by atoms with Crippen molar-refractivity contribution in [1.29, 1.82) is 0 Å². The summed E-state index contributed by atoms with van der Waals surface area (Å²) in [5.74, 6) is 1.03. The molecule has 0 spiro atoms. The summed E-state index contributed by atoms with van der Waals surface area (Å²) >= 11 is 3.22. The molecule has 0 saturated heterocycles. The summed E-state index contributed by atoms with van der Waals surface area (Å²) in [7, 11) is 3.61. The van der Waals surface area contributed by atoms with E-state index < -0.39 is 0 Å². The SMILES string of the molecule is COCc1nc(N(C)C(C)CSC)sc1C=O. The van der Waals surface area contributed by atoms with Gasteiger partial charge in [-0.1, -0.05) is 11.3 Å². The quantitative estimate of drug-likeness (QED) is 0.714. The molecule has 1 atom stereocenters. The van der Waals surface area contributed by atoms with Gasteiger partial charge in [0.25, 0.3) is 0 Å². The second-order valence-corrected chi connectivity index (χ2v) is 5.69. The fraction of sp³-hybridized carbons (Fsp3) is 0.636. The first kappa shape index (κ1) is 14.5. The van der Waals surface area contributed by atoms with Gasteiger partial charge in [-0.3, -0.25) is 4.79 Å². The van der Waals surface area contributed by atoms with Crippen molar-refractivity contribution < 1.29 is 9.53 Å². The molecule has 0 aliphatic rings. The van der Waals surface area contributed by atoms with Crippen LogP contribution < -0.4 is 4.90 Å². The van der Waals surface area contributed by atoms with E-state index in [0.717, 1.165) is 22.9 Å². The molecule has 0 aromatic carbocycles. The zero-order valence-electron chi connectivity index (χ0n) is 10.6. The van der Waals surface area contributed by atoms with Crippen molar-refractivity contribution in [2.24, 2.45) is 0 Å². The van der Waals surface area contributed by atoms with Crippen LogP contribution in [0, 0.1) is 0 Å². The lowest BCUT2D eigenvalue weighted by Crippen LogP contribution is -2.30. The van der Waals surface area contributed by atoms with Crippen LogP contribution in [0.5, 0.6) is 0 Å². The van der Waals surface area contributed by atoms with E-state index in [0.29, 0.717) is 17.5 Å². The minimum absolute atomic E-state index is 0.384. The van der Waals surface area contributed by atoms with Crippen molar-refractivity contribution in [3.63, 3.8) is 0 Å². The van der Waals surface area contributed by atoms with Crippen LogP contribution >= 0.6 is 23.1 Å². The highest BCUT2D eigenvalue weighted by Gasteiger charge is 2.16. The summed E-state index contributed by atoms with van der Waals surface area (Å²) in [6, 6.07) is 0.394. The molecule has 0 aliphatic carbocycles. The number of aldehydes is 1. The molecule has 4 nitrogen and oxygen atoms in total. The Labute approximate surface area is 110 Å². The van der Waals surface area contributed by atoms with Gasteiger partial charge in [0.1, 0.15) is 0 Å². The molecule has 1 heterocycles. The van der Waals surface area contributed by atoms with Crippen LogP contribution in [-0.4, -0.2) is 43.5 Å². The predicted molar refractivity (Wildman–Crippen MR) is 74.5 cm³/mol. The highest BCUT2D eigenvalue weighted by molar-refractivity contribution is 7.98. The summed E-state index contributed by atoms with van der Waals surface area (Å²) in [6.07, 6.45) is 2.93. The third kappa shape index (κ3) is 3.69. The summed E-state index contributed by atoms with van der Waals surface area (Å²) < 4.78 is 5.03. The summed E-state index contributed by atoms with van der Waals surface area (Å²) in [5, 5.41) is 0.876. The number of carbonyl (C=O) groups excluding carboxylic acids is 1. The lowest BCUT2D eigenvalue weighted by atomic mass is 10.3. The topological polar surface area (TPSA) is 42.4 Å². The van der Waals surface area contributed by atoms with Gasteiger partial charge in [-0.2, -0.15) is 11.8 Å². The Morgan fingerprint density at radius 3 is 2.88 bits per heavy atom. The average molecular weight is 274 g/mol. The van der Waals surface area contributed by atoms with Gasteiger partial charge in [-0.25, -0.2) is 4.98 Å². The summed E-state index contributed by atoms with van der Waals surface area (Å²) in [6.45, 7) is 2.53. The highest BCUT2D eigenvalue weighted by Crippen LogP contribution is 2.26. The molecule has 17 heavy (non-hydrogen) atoms. The summed E-state index contributed by atoms with van der Waals surface area (Å²) in [5.41, 5.74) is 0.728. The Bertz CT molecular complexity index is 368. The number of hydrogen-bond acceptors (Lipinski definition) is 6. The van der Waals surface area contributed by atoms with Gasteiger partial charge in [-0.15, -0.1) is 0 Å². The number of hydrogen-bond donors (Lipinski definition) is 0. The maximum absolute atomic E-state index is 10.9. The zero-order chi connectivity index (χ0) is 12.8. The Hall–Kier alpha value is -0.590. The Morgan fingerprint density at radius 2 is 2.35 bits per heavy atom. The van der Waals surface area contributed by atoms with Crippen molar-refractivity contribution in [3.05, 3.63) is 10.6 Å². The Kier molecular flexibility index (Phi) is 5.94.